The number of allylic oxidation sites excluding steroid dienone is 6. The number of benzene rings is 1. The second-order valence-electron chi connectivity index (χ2n) is 7.37. The maximum Gasteiger partial charge on any atom is 0.319 e. The third-order valence-electron chi connectivity index (χ3n) is 4.65. The lowest BCUT2D eigenvalue weighted by molar-refractivity contribution is -0.151. The normalized spacial score (nSPS) is 13.6. The molecule has 0 aromatic heterocycles. The Morgan fingerprint density at radius 2 is 1.91 bits per heavy atom. The van der Waals surface area contributed by atoms with Gasteiger partial charge in [0, 0.05) is 36.8 Å². The van der Waals surface area contributed by atoms with E-state index >= 15 is 0 Å². The highest BCUT2D eigenvalue weighted by molar-refractivity contribution is 6.08. The first-order valence-corrected chi connectivity index (χ1v) is 11.1. The predicted octanol–water partition coefficient (Wildman–Crippen LogP) is 4.33. The number of carbonyl (C=O) groups is 2. The van der Waals surface area contributed by atoms with Gasteiger partial charge in [-0.3, -0.25) is 9.59 Å². The first-order valence-electron chi connectivity index (χ1n) is 11.1. The van der Waals surface area contributed by atoms with E-state index in [1.807, 2.05) is 6.92 Å². The Bertz CT molecular complexity index is 932. The van der Waals surface area contributed by atoms with Crippen molar-refractivity contribution in [3.63, 3.8) is 0 Å². The summed E-state index contributed by atoms with van der Waals surface area (Å²) < 4.78 is 10.7. The molecule has 1 unspecified atom stereocenters. The van der Waals surface area contributed by atoms with Crippen LogP contribution in [0, 0.1) is 11.3 Å². The summed E-state index contributed by atoms with van der Waals surface area (Å²) in [6.45, 7) is 9.92. The molecule has 0 aliphatic rings. The summed E-state index contributed by atoms with van der Waals surface area (Å²) in [4.78, 5) is 25.8. The van der Waals surface area contributed by atoms with Crippen molar-refractivity contribution >= 4 is 23.7 Å². The lowest BCUT2D eigenvalue weighted by atomic mass is 9.93. The molecule has 4 N–H and O–H groups in total. The van der Waals surface area contributed by atoms with Crippen LogP contribution in [0.4, 0.5) is 5.69 Å². The number of carbonyl (C=O) groups excluding carboxylic acids is 2. The van der Waals surface area contributed by atoms with Gasteiger partial charge in [-0.15, -0.1) is 0 Å². The average Bonchev–Trinajstić information content (AvgIpc) is 2.81. The Hall–Kier alpha value is -3.81. The van der Waals surface area contributed by atoms with Crippen molar-refractivity contribution in [3.05, 3.63) is 72.2 Å². The van der Waals surface area contributed by atoms with Crippen LogP contribution in [-0.4, -0.2) is 49.4 Å². The zero-order valence-corrected chi connectivity index (χ0v) is 20.3. The zero-order chi connectivity index (χ0) is 25.5. The van der Waals surface area contributed by atoms with Gasteiger partial charge < -0.3 is 30.6 Å². The van der Waals surface area contributed by atoms with Crippen molar-refractivity contribution in [2.24, 2.45) is 5.92 Å². The number of Topliss-reactive ketones (excluding diaryl/α,β-unsaturated/α-hetero) is 1. The molecule has 0 amide bonds. The van der Waals surface area contributed by atoms with Gasteiger partial charge in [-0.2, -0.15) is 0 Å². The third-order valence-corrected chi connectivity index (χ3v) is 4.65. The van der Waals surface area contributed by atoms with Gasteiger partial charge >= 0.3 is 5.97 Å². The quantitative estimate of drug-likeness (QED) is 0.0753. The van der Waals surface area contributed by atoms with Crippen LogP contribution in [0.2, 0.25) is 0 Å². The Balaban J connectivity index is 3.15. The van der Waals surface area contributed by atoms with E-state index in [2.05, 4.69) is 17.2 Å². The Morgan fingerprint density at radius 1 is 1.24 bits per heavy atom. The minimum absolute atomic E-state index is 0.0966. The van der Waals surface area contributed by atoms with Crippen LogP contribution in [0.25, 0.3) is 0 Å². The summed E-state index contributed by atoms with van der Waals surface area (Å²) in [5.74, 6) is -2.70. The molecule has 184 valence electrons. The zero-order valence-electron chi connectivity index (χ0n) is 20.3. The van der Waals surface area contributed by atoms with E-state index in [4.69, 9.17) is 14.9 Å². The van der Waals surface area contributed by atoms with Gasteiger partial charge in [0.15, 0.2) is 5.76 Å². The number of rotatable bonds is 15. The highest BCUT2D eigenvalue weighted by Crippen LogP contribution is 2.22. The predicted molar refractivity (Wildman–Crippen MR) is 135 cm³/mol. The molecular weight excluding hydrogens is 434 g/mol. The maximum absolute atomic E-state index is 13.1. The summed E-state index contributed by atoms with van der Waals surface area (Å²) >= 11 is 0. The van der Waals surface area contributed by atoms with Gasteiger partial charge in [0.2, 0.25) is 5.78 Å². The fourth-order valence-electron chi connectivity index (χ4n) is 3.00. The summed E-state index contributed by atoms with van der Waals surface area (Å²) in [5, 5.41) is 23.6. The number of hydrogen-bond donors (Lipinski definition) is 4. The van der Waals surface area contributed by atoms with Crippen molar-refractivity contribution in [2.75, 3.05) is 25.6 Å². The molecule has 0 fully saturated rings. The number of aliphatic hydroxyl groups excluding tert-OH is 1. The molecule has 0 saturated heterocycles. The van der Waals surface area contributed by atoms with Gasteiger partial charge in [0.05, 0.1) is 13.2 Å². The topological polar surface area (TPSA) is 121 Å². The summed E-state index contributed by atoms with van der Waals surface area (Å²) in [7, 11) is 1.66. The number of hydrogen-bond acceptors (Lipinski definition) is 8. The highest BCUT2D eigenvalue weighted by Gasteiger charge is 2.35. The fourth-order valence-corrected chi connectivity index (χ4v) is 3.00. The smallest absolute Gasteiger partial charge is 0.319 e. The van der Waals surface area contributed by atoms with Crippen molar-refractivity contribution in [2.45, 2.75) is 33.2 Å². The fraction of sp³-hybridized carbons (Fsp3) is 0.346. The summed E-state index contributed by atoms with van der Waals surface area (Å²) in [6, 6.07) is 6.49. The molecule has 1 aromatic rings. The van der Waals surface area contributed by atoms with E-state index in [0.717, 1.165) is 18.4 Å². The van der Waals surface area contributed by atoms with E-state index in [1.165, 1.54) is 12.2 Å². The lowest BCUT2D eigenvalue weighted by Crippen LogP contribution is -2.40. The Morgan fingerprint density at radius 3 is 2.47 bits per heavy atom. The minimum Gasteiger partial charge on any atom is -0.504 e. The van der Waals surface area contributed by atoms with Crippen LogP contribution in [0.1, 0.15) is 27.2 Å². The first kappa shape index (κ1) is 28.2. The van der Waals surface area contributed by atoms with E-state index in [1.54, 1.807) is 57.4 Å². The van der Waals surface area contributed by atoms with Gasteiger partial charge in [0.25, 0.3) is 0 Å². The molecular formula is C26H35N3O5. The summed E-state index contributed by atoms with van der Waals surface area (Å²) in [5.41, 5.74) is 1.56. The molecule has 1 rings (SSSR count). The monoisotopic (exact) mass is 469 g/mol. The first-order chi connectivity index (χ1) is 16.3. The molecule has 0 radical (unpaired) electrons. The largest absolute Gasteiger partial charge is 0.504 e. The Kier molecular flexibility index (Phi) is 12.5. The van der Waals surface area contributed by atoms with Crippen molar-refractivity contribution in [3.8, 4) is 5.75 Å². The van der Waals surface area contributed by atoms with Crippen LogP contribution in [0.15, 0.2) is 72.2 Å². The molecule has 0 bridgehead atoms. The van der Waals surface area contributed by atoms with E-state index in [-0.39, 0.29) is 6.61 Å². The van der Waals surface area contributed by atoms with Crippen molar-refractivity contribution < 1.29 is 24.2 Å². The lowest BCUT2D eigenvalue weighted by Gasteiger charge is -2.23. The molecule has 0 aliphatic carbocycles. The second-order valence-corrected chi connectivity index (χ2v) is 7.37. The van der Waals surface area contributed by atoms with Crippen LogP contribution < -0.4 is 15.4 Å². The molecule has 0 saturated carbocycles. The molecule has 2 atom stereocenters. The highest BCUT2D eigenvalue weighted by atomic mass is 16.5. The second kappa shape index (κ2) is 15.1. The number of ketones is 1. The third kappa shape index (κ3) is 8.97. The van der Waals surface area contributed by atoms with Gasteiger partial charge in [0.1, 0.15) is 11.7 Å². The SMILES string of the molecule is C=C(/C=C\C=N)C(/C=C(\O)C(=O)[C@@H](C(=O)OCC)C(C)Nc1ccc(OCCC)cc1)=C\NC. The number of aliphatic hydroxyl groups is 1. The van der Waals surface area contributed by atoms with Gasteiger partial charge in [-0.1, -0.05) is 19.6 Å². The van der Waals surface area contributed by atoms with E-state index in [0.29, 0.717) is 23.4 Å². The van der Waals surface area contributed by atoms with Gasteiger partial charge in [-0.25, -0.2) is 0 Å². The van der Waals surface area contributed by atoms with E-state index < -0.39 is 29.5 Å². The molecule has 8 nitrogen and oxygen atoms in total. The molecule has 34 heavy (non-hydrogen) atoms. The Labute approximate surface area is 201 Å². The van der Waals surface area contributed by atoms with Crippen LogP contribution in [0.3, 0.4) is 0 Å². The minimum atomic E-state index is -1.28. The van der Waals surface area contributed by atoms with E-state index in [9.17, 15) is 14.7 Å². The van der Waals surface area contributed by atoms with Gasteiger partial charge in [-0.05, 0) is 62.3 Å². The maximum atomic E-state index is 13.1. The van der Waals surface area contributed by atoms with Crippen LogP contribution in [-0.2, 0) is 14.3 Å². The van der Waals surface area contributed by atoms with Crippen molar-refractivity contribution in [1.29, 1.82) is 5.41 Å². The number of ether oxygens (including phenoxy) is 2. The standard InChI is InChI=1S/C26H35N3O5/c1-6-15-34-22-12-10-21(11-13-22)29-19(4)24(26(32)33-7-2)25(31)23(30)16-20(17-28-5)18(3)9-8-14-27/h8-14,16-17,19,24,27-30H,3,6-7,15H2,1-2,4-5H3/b9-8-,20-17-,23-16-,27-14?/t19?,24-/m0/s1. The molecule has 0 aliphatic heterocycles. The van der Waals surface area contributed by atoms with Crippen molar-refractivity contribution in [1.82, 2.24) is 5.32 Å². The van der Waals surface area contributed by atoms with Crippen LogP contribution in [0.5, 0.6) is 5.75 Å². The molecule has 0 spiro atoms. The molecule has 8 heteroatoms. The number of nitrogens with one attached hydrogen (secondary N) is 3. The average molecular weight is 470 g/mol. The molecule has 1 aromatic carbocycles. The number of anilines is 1. The molecule has 0 heterocycles. The number of esters is 1. The summed E-state index contributed by atoms with van der Waals surface area (Å²) in [6.07, 6.45) is 7.78. The van der Waals surface area contributed by atoms with Crippen LogP contribution >= 0.6 is 0 Å².